The van der Waals surface area contributed by atoms with Gasteiger partial charge in [0.25, 0.3) is 5.82 Å². The van der Waals surface area contributed by atoms with Gasteiger partial charge in [-0.05, 0) is 26.3 Å². The maximum absolute atomic E-state index is 2.36. The van der Waals surface area contributed by atoms with Crippen molar-refractivity contribution in [3.63, 3.8) is 0 Å². The van der Waals surface area contributed by atoms with Crippen molar-refractivity contribution in [2.24, 2.45) is 0 Å². The van der Waals surface area contributed by atoms with E-state index in [9.17, 15) is 0 Å². The molecule has 2 rings (SSSR count). The Hall–Kier alpha value is -1.57. The Balaban J connectivity index is 2.33. The van der Waals surface area contributed by atoms with Crippen molar-refractivity contribution in [2.75, 3.05) is 0 Å². The normalized spacial score (nSPS) is 11.1. The second-order valence-corrected chi connectivity index (χ2v) is 4.66. The Bertz CT molecular complexity index is 469. The second-order valence-electron chi connectivity index (χ2n) is 4.66. The van der Waals surface area contributed by atoms with Crippen molar-refractivity contribution in [3.8, 4) is 0 Å². The minimum atomic E-state index is 0.515. The molecule has 0 aliphatic carbocycles. The minimum absolute atomic E-state index is 0.515. The molecule has 17 heavy (non-hydrogen) atoms. The molecular formula is C15H21N2+. The van der Waals surface area contributed by atoms with E-state index in [4.69, 9.17) is 0 Å². The molecule has 0 saturated heterocycles. The molecule has 2 aromatic rings. The first kappa shape index (κ1) is 11.9. The molecule has 0 atom stereocenters. The molecule has 0 amide bonds. The van der Waals surface area contributed by atoms with Gasteiger partial charge in [-0.25, -0.2) is 9.13 Å². The van der Waals surface area contributed by atoms with Crippen LogP contribution < -0.4 is 4.57 Å². The summed E-state index contributed by atoms with van der Waals surface area (Å²) >= 11 is 0. The molecule has 1 aromatic heterocycles. The van der Waals surface area contributed by atoms with Gasteiger partial charge in [-0.1, -0.05) is 30.3 Å². The lowest BCUT2D eigenvalue weighted by molar-refractivity contribution is -0.700. The smallest absolute Gasteiger partial charge is 0.234 e. The fourth-order valence-electron chi connectivity index (χ4n) is 2.20. The predicted molar refractivity (Wildman–Crippen MR) is 69.9 cm³/mol. The highest BCUT2D eigenvalue weighted by Gasteiger charge is 2.18. The molecule has 2 heteroatoms. The molecule has 90 valence electrons. The molecule has 1 aromatic carbocycles. The van der Waals surface area contributed by atoms with E-state index >= 15 is 0 Å². The van der Waals surface area contributed by atoms with Crippen LogP contribution in [-0.4, -0.2) is 4.57 Å². The quantitative estimate of drug-likeness (QED) is 0.713. The van der Waals surface area contributed by atoms with Gasteiger partial charge in [0.2, 0.25) is 0 Å². The predicted octanol–water partition coefficient (Wildman–Crippen LogP) is 2.97. The average molecular weight is 229 g/mol. The largest absolute Gasteiger partial charge is 0.261 e. The van der Waals surface area contributed by atoms with Crippen LogP contribution in [0.4, 0.5) is 0 Å². The Kier molecular flexibility index (Phi) is 3.62. The van der Waals surface area contributed by atoms with E-state index < -0.39 is 0 Å². The highest BCUT2D eigenvalue weighted by atomic mass is 15.2. The first-order valence-corrected chi connectivity index (χ1v) is 6.35. The van der Waals surface area contributed by atoms with Crippen LogP contribution in [0.1, 0.15) is 38.2 Å². The number of nitrogens with zero attached hydrogens (tertiary/aromatic N) is 2. The zero-order valence-electron chi connectivity index (χ0n) is 10.9. The zero-order chi connectivity index (χ0) is 12.3. The fourth-order valence-corrected chi connectivity index (χ4v) is 2.20. The van der Waals surface area contributed by atoms with Crippen molar-refractivity contribution in [2.45, 2.75) is 39.8 Å². The maximum atomic E-state index is 2.36. The summed E-state index contributed by atoms with van der Waals surface area (Å²) in [6.07, 6.45) is 5.37. The topological polar surface area (TPSA) is 8.81 Å². The standard InChI is InChI=1S/C15H21N2/c1-4-16-10-11-17(13(2)3)15(16)12-14-8-6-5-7-9-14/h5-11,13H,4,12H2,1-3H3/q+1. The number of imidazole rings is 1. The maximum Gasteiger partial charge on any atom is 0.261 e. The third-order valence-corrected chi connectivity index (χ3v) is 3.14. The van der Waals surface area contributed by atoms with Gasteiger partial charge in [-0.2, -0.15) is 0 Å². The van der Waals surface area contributed by atoms with Crippen LogP contribution in [0.2, 0.25) is 0 Å². The third-order valence-electron chi connectivity index (χ3n) is 3.14. The second kappa shape index (κ2) is 5.17. The van der Waals surface area contributed by atoms with Crippen molar-refractivity contribution in [1.29, 1.82) is 0 Å². The van der Waals surface area contributed by atoms with Gasteiger partial charge in [-0.3, -0.25) is 0 Å². The molecule has 1 heterocycles. The molecular weight excluding hydrogens is 208 g/mol. The van der Waals surface area contributed by atoms with Gasteiger partial charge in [-0.15, -0.1) is 0 Å². The Morgan fingerprint density at radius 2 is 1.88 bits per heavy atom. The number of benzene rings is 1. The van der Waals surface area contributed by atoms with Gasteiger partial charge >= 0.3 is 0 Å². The van der Waals surface area contributed by atoms with Gasteiger partial charge in [0.05, 0.1) is 19.0 Å². The van der Waals surface area contributed by atoms with Crippen molar-refractivity contribution in [1.82, 2.24) is 4.57 Å². The molecule has 0 aliphatic rings. The molecule has 2 nitrogen and oxygen atoms in total. The molecule has 0 radical (unpaired) electrons. The lowest BCUT2D eigenvalue weighted by Crippen LogP contribution is -2.36. The Labute approximate surface area is 104 Å². The number of aromatic nitrogens is 2. The molecule has 0 spiro atoms. The van der Waals surface area contributed by atoms with Gasteiger partial charge in [0.1, 0.15) is 12.4 Å². The fraction of sp³-hybridized carbons (Fsp3) is 0.400. The summed E-state index contributed by atoms with van der Waals surface area (Å²) in [6, 6.07) is 11.2. The Morgan fingerprint density at radius 1 is 1.18 bits per heavy atom. The molecule has 0 fully saturated rings. The third kappa shape index (κ3) is 2.57. The molecule has 0 unspecified atom stereocenters. The summed E-state index contributed by atoms with van der Waals surface area (Å²) in [5, 5.41) is 0. The molecule has 0 bridgehead atoms. The molecule has 0 N–H and O–H groups in total. The van der Waals surface area contributed by atoms with E-state index in [2.05, 4.69) is 72.6 Å². The summed E-state index contributed by atoms with van der Waals surface area (Å²) in [4.78, 5) is 0. The van der Waals surface area contributed by atoms with Crippen LogP contribution in [0, 0.1) is 0 Å². The van der Waals surface area contributed by atoms with Crippen LogP contribution in [0.3, 0.4) is 0 Å². The van der Waals surface area contributed by atoms with Crippen LogP contribution in [0.25, 0.3) is 0 Å². The van der Waals surface area contributed by atoms with E-state index in [0.29, 0.717) is 6.04 Å². The minimum Gasteiger partial charge on any atom is -0.234 e. The van der Waals surface area contributed by atoms with E-state index in [1.807, 2.05) is 0 Å². The molecule has 0 saturated carbocycles. The number of hydrogen-bond acceptors (Lipinski definition) is 0. The number of aryl methyl sites for hydroxylation is 1. The number of rotatable bonds is 4. The van der Waals surface area contributed by atoms with Crippen LogP contribution in [0.15, 0.2) is 42.7 Å². The van der Waals surface area contributed by atoms with E-state index in [1.54, 1.807) is 0 Å². The first-order chi connectivity index (χ1) is 8.22. The van der Waals surface area contributed by atoms with Crippen molar-refractivity contribution in [3.05, 3.63) is 54.1 Å². The van der Waals surface area contributed by atoms with Crippen molar-refractivity contribution < 1.29 is 4.57 Å². The van der Waals surface area contributed by atoms with Crippen LogP contribution >= 0.6 is 0 Å². The van der Waals surface area contributed by atoms with Crippen LogP contribution in [0.5, 0.6) is 0 Å². The summed E-state index contributed by atoms with van der Waals surface area (Å²) < 4.78 is 4.68. The SMILES string of the molecule is CC[n+]1ccn(C(C)C)c1Cc1ccccc1. The first-order valence-electron chi connectivity index (χ1n) is 6.35. The lowest BCUT2D eigenvalue weighted by atomic mass is 10.1. The van der Waals surface area contributed by atoms with E-state index in [-0.39, 0.29) is 0 Å². The van der Waals surface area contributed by atoms with Crippen LogP contribution in [-0.2, 0) is 13.0 Å². The van der Waals surface area contributed by atoms with E-state index in [0.717, 1.165) is 13.0 Å². The number of hydrogen-bond donors (Lipinski definition) is 0. The lowest BCUT2D eigenvalue weighted by Gasteiger charge is -2.07. The van der Waals surface area contributed by atoms with Gasteiger partial charge < -0.3 is 0 Å². The van der Waals surface area contributed by atoms with Crippen molar-refractivity contribution >= 4 is 0 Å². The zero-order valence-corrected chi connectivity index (χ0v) is 10.9. The average Bonchev–Trinajstić information content (AvgIpc) is 2.73. The van der Waals surface area contributed by atoms with Gasteiger partial charge in [0, 0.05) is 0 Å². The van der Waals surface area contributed by atoms with Gasteiger partial charge in [0.15, 0.2) is 0 Å². The molecule has 0 aliphatic heterocycles. The van der Waals surface area contributed by atoms with E-state index in [1.165, 1.54) is 11.4 Å². The summed E-state index contributed by atoms with van der Waals surface area (Å²) in [5.41, 5.74) is 1.37. The summed E-state index contributed by atoms with van der Waals surface area (Å²) in [6.45, 7) is 7.68. The summed E-state index contributed by atoms with van der Waals surface area (Å²) in [7, 11) is 0. The highest BCUT2D eigenvalue weighted by Crippen LogP contribution is 2.11. The highest BCUT2D eigenvalue weighted by molar-refractivity contribution is 5.18. The Morgan fingerprint density at radius 3 is 2.47 bits per heavy atom. The monoisotopic (exact) mass is 229 g/mol. The summed E-state index contributed by atoms with van der Waals surface area (Å²) in [5.74, 6) is 1.38.